The van der Waals surface area contributed by atoms with Crippen molar-refractivity contribution in [2.24, 2.45) is 11.1 Å². The Labute approximate surface area is 338 Å². The molecule has 0 spiro atoms. The maximum Gasteiger partial charge on any atom is 0.421 e. The zero-order valence-corrected chi connectivity index (χ0v) is 33.2. The minimum Gasteiger partial charge on any atom is -0.390 e. The minimum absolute atomic E-state index is 0.0323. The Morgan fingerprint density at radius 3 is 2.31 bits per heavy atom. The highest BCUT2D eigenvalue weighted by Crippen LogP contribution is 2.39. The molecule has 18 heteroatoms. The number of hydrogen-bond acceptors (Lipinski definition) is 11. The third-order valence-corrected chi connectivity index (χ3v) is 12.0. The number of nitrogens with one attached hydrogen (secondary N) is 2. The molecule has 0 radical (unpaired) electrons. The second-order valence-corrected chi connectivity index (χ2v) is 16.4. The number of hydrogen-bond donors (Lipinski definition) is 4. The SMILES string of the molecule is CC1(O)CCN(c2nc(Nc3ccc(SN)cc3C(F)F)ncc2C(F)(F)F)CC1.O=C1CCC(c2ccc(N3CCN(CC4CCCCC4)CC3)cc2F)C(=O)N1. The fourth-order valence-corrected chi connectivity index (χ4v) is 8.35. The van der Waals surface area contributed by atoms with Gasteiger partial charge in [-0.25, -0.2) is 18.2 Å². The molecule has 4 heterocycles. The molecular formula is C40H50F6N8O3S. The van der Waals surface area contributed by atoms with Crippen molar-refractivity contribution in [1.29, 1.82) is 0 Å². The zero-order valence-electron chi connectivity index (χ0n) is 32.3. The van der Waals surface area contributed by atoms with Crippen molar-refractivity contribution in [2.75, 3.05) is 60.9 Å². The van der Waals surface area contributed by atoms with Gasteiger partial charge < -0.3 is 20.2 Å². The number of aromatic nitrogens is 2. The summed E-state index contributed by atoms with van der Waals surface area (Å²) in [6.45, 7) is 7.01. The first-order chi connectivity index (χ1) is 27.6. The number of amides is 2. The van der Waals surface area contributed by atoms with E-state index in [0.29, 0.717) is 23.1 Å². The van der Waals surface area contributed by atoms with E-state index in [2.05, 4.69) is 30.4 Å². The van der Waals surface area contributed by atoms with Crippen LogP contribution in [0, 0.1) is 11.7 Å². The number of carbonyl (C=O) groups is 2. The number of nitrogens with zero attached hydrogens (tertiary/aromatic N) is 5. The van der Waals surface area contributed by atoms with Gasteiger partial charge in [0.25, 0.3) is 6.43 Å². The molecule has 5 N–H and O–H groups in total. The van der Waals surface area contributed by atoms with E-state index in [1.165, 1.54) is 61.7 Å². The molecule has 4 aliphatic rings. The summed E-state index contributed by atoms with van der Waals surface area (Å²) >= 11 is 0.797. The van der Waals surface area contributed by atoms with Gasteiger partial charge in [0, 0.05) is 85.8 Å². The molecule has 1 unspecified atom stereocenters. The molecular weight excluding hydrogens is 787 g/mol. The van der Waals surface area contributed by atoms with Gasteiger partial charge in [-0.1, -0.05) is 25.3 Å². The van der Waals surface area contributed by atoms with Crippen LogP contribution in [-0.4, -0.2) is 83.2 Å². The summed E-state index contributed by atoms with van der Waals surface area (Å²) in [7, 11) is 0. The van der Waals surface area contributed by atoms with Crippen molar-refractivity contribution >= 4 is 46.9 Å². The Morgan fingerprint density at radius 1 is 0.983 bits per heavy atom. The number of aliphatic hydroxyl groups is 1. The van der Waals surface area contributed by atoms with E-state index in [9.17, 15) is 41.0 Å². The van der Waals surface area contributed by atoms with Crippen LogP contribution in [0.5, 0.6) is 0 Å². The van der Waals surface area contributed by atoms with Crippen LogP contribution in [0.2, 0.25) is 0 Å². The van der Waals surface area contributed by atoms with Gasteiger partial charge in [0.2, 0.25) is 17.8 Å². The highest BCUT2D eigenvalue weighted by Gasteiger charge is 2.39. The summed E-state index contributed by atoms with van der Waals surface area (Å²) < 4.78 is 82.0. The van der Waals surface area contributed by atoms with E-state index in [1.807, 2.05) is 6.07 Å². The van der Waals surface area contributed by atoms with Crippen LogP contribution in [0.3, 0.4) is 0 Å². The molecule has 1 aromatic heterocycles. The van der Waals surface area contributed by atoms with Gasteiger partial charge in [-0.2, -0.15) is 18.2 Å². The van der Waals surface area contributed by atoms with Crippen LogP contribution in [0.1, 0.15) is 93.7 Å². The molecule has 4 fully saturated rings. The van der Waals surface area contributed by atoms with Crippen LogP contribution < -0.4 is 25.6 Å². The summed E-state index contributed by atoms with van der Waals surface area (Å²) in [5.74, 6) is -1.33. The first-order valence-corrected chi connectivity index (χ1v) is 20.6. The molecule has 3 saturated heterocycles. The van der Waals surface area contributed by atoms with E-state index < -0.39 is 29.7 Å². The quantitative estimate of drug-likeness (QED) is 0.0966. The molecule has 58 heavy (non-hydrogen) atoms. The van der Waals surface area contributed by atoms with Crippen molar-refractivity contribution in [3.05, 3.63) is 65.1 Å². The molecule has 3 aromatic rings. The zero-order chi connectivity index (χ0) is 41.6. The van der Waals surface area contributed by atoms with Crippen LogP contribution in [0.4, 0.5) is 49.5 Å². The maximum absolute atomic E-state index is 14.7. The fraction of sp³-hybridized carbons (Fsp3) is 0.550. The Hall–Kier alpha value is -4.13. The topological polar surface area (TPSA) is 140 Å². The minimum atomic E-state index is -4.69. The predicted molar refractivity (Wildman–Crippen MR) is 211 cm³/mol. The molecule has 2 amide bonds. The summed E-state index contributed by atoms with van der Waals surface area (Å²) in [4.78, 5) is 37.6. The van der Waals surface area contributed by atoms with Crippen LogP contribution in [0.15, 0.2) is 47.5 Å². The van der Waals surface area contributed by atoms with Crippen molar-refractivity contribution in [2.45, 2.75) is 93.7 Å². The monoisotopic (exact) mass is 836 g/mol. The summed E-state index contributed by atoms with van der Waals surface area (Å²) in [5, 5.41) is 20.4. The number of rotatable bonds is 9. The van der Waals surface area contributed by atoms with Gasteiger partial charge in [0.1, 0.15) is 17.2 Å². The average molecular weight is 837 g/mol. The summed E-state index contributed by atoms with van der Waals surface area (Å²) in [6, 6.07) is 9.22. The Balaban J connectivity index is 0.000000196. The molecule has 3 aliphatic heterocycles. The molecule has 1 aliphatic carbocycles. The third-order valence-electron chi connectivity index (χ3n) is 11.4. The molecule has 1 atom stereocenters. The van der Waals surface area contributed by atoms with Gasteiger partial charge in [0.05, 0.1) is 11.5 Å². The van der Waals surface area contributed by atoms with Crippen LogP contribution >= 0.6 is 11.9 Å². The summed E-state index contributed by atoms with van der Waals surface area (Å²) in [6.07, 6.45) is 1.17. The van der Waals surface area contributed by atoms with Gasteiger partial charge in [0.15, 0.2) is 0 Å². The van der Waals surface area contributed by atoms with Crippen molar-refractivity contribution in [1.82, 2.24) is 20.2 Å². The molecule has 0 bridgehead atoms. The first-order valence-electron chi connectivity index (χ1n) is 19.7. The first kappa shape index (κ1) is 43.4. The standard InChI is InChI=1S/C22H30FN3O2.C18H20F5N5OS/c23-20-14-17(6-7-18(20)19-8-9-21(27)24-22(19)28)26-12-10-25(11-13-26)15-16-4-2-1-3-5-16;1-17(29)4-6-28(7-5-17)15-12(18(21,22)23)9-25-16(27-15)26-13-3-2-10(30-24)8-11(13)14(19)20/h6-7,14,16,19H,1-5,8-13,15H2,(H,24,27,28);2-3,8-9,14,29H,4-7,24H2,1H3,(H,25,26,27). The second kappa shape index (κ2) is 18.8. The predicted octanol–water partition coefficient (Wildman–Crippen LogP) is 7.54. The third kappa shape index (κ3) is 11.1. The van der Waals surface area contributed by atoms with Crippen molar-refractivity contribution in [3.63, 3.8) is 0 Å². The molecule has 1 saturated carbocycles. The lowest BCUT2D eigenvalue weighted by molar-refractivity contribution is -0.138. The number of piperazine rings is 1. The number of alkyl halides is 5. The van der Waals surface area contributed by atoms with Crippen LogP contribution in [0.25, 0.3) is 0 Å². The molecule has 7 rings (SSSR count). The Kier molecular flexibility index (Phi) is 14.1. The molecule has 11 nitrogen and oxygen atoms in total. The van der Waals surface area contributed by atoms with Gasteiger partial charge >= 0.3 is 6.18 Å². The number of imide groups is 1. The van der Waals surface area contributed by atoms with Crippen LogP contribution in [-0.2, 0) is 15.8 Å². The number of piperidine rings is 2. The smallest absolute Gasteiger partial charge is 0.390 e. The molecule has 316 valence electrons. The fourth-order valence-electron chi connectivity index (χ4n) is 8.01. The van der Waals surface area contributed by atoms with Gasteiger partial charge in [-0.05, 0) is 87.2 Å². The highest BCUT2D eigenvalue weighted by atomic mass is 32.2. The Bertz CT molecular complexity index is 1900. The van der Waals surface area contributed by atoms with Gasteiger partial charge in [-0.15, -0.1) is 0 Å². The Morgan fingerprint density at radius 2 is 1.69 bits per heavy atom. The van der Waals surface area contributed by atoms with Crippen molar-refractivity contribution in [3.8, 4) is 0 Å². The van der Waals surface area contributed by atoms with E-state index in [1.54, 1.807) is 19.1 Å². The molecule has 2 aromatic carbocycles. The van der Waals surface area contributed by atoms with Crippen molar-refractivity contribution < 1.29 is 41.0 Å². The number of halogens is 6. The number of benzene rings is 2. The highest BCUT2D eigenvalue weighted by molar-refractivity contribution is 7.97. The van der Waals surface area contributed by atoms with E-state index in [-0.39, 0.29) is 73.0 Å². The number of nitrogens with two attached hydrogens (primary N) is 1. The number of anilines is 4. The maximum atomic E-state index is 14.7. The van der Waals surface area contributed by atoms with E-state index >= 15 is 0 Å². The lowest BCUT2D eigenvalue weighted by Crippen LogP contribution is -2.48. The van der Waals surface area contributed by atoms with E-state index in [4.69, 9.17) is 5.14 Å². The van der Waals surface area contributed by atoms with E-state index in [0.717, 1.165) is 49.7 Å². The normalized spacial score (nSPS) is 20.8. The number of carbonyl (C=O) groups excluding carboxylic acids is 2. The second-order valence-electron chi connectivity index (χ2n) is 15.7. The summed E-state index contributed by atoms with van der Waals surface area (Å²) in [5.41, 5.74) is -1.12. The largest absolute Gasteiger partial charge is 0.421 e. The average Bonchev–Trinajstić information content (AvgIpc) is 3.19. The van der Waals surface area contributed by atoms with Gasteiger partial charge in [-0.3, -0.25) is 24.9 Å². The lowest BCUT2D eigenvalue weighted by Gasteiger charge is -2.38. The lowest BCUT2D eigenvalue weighted by atomic mass is 9.89.